The highest BCUT2D eigenvalue weighted by Gasteiger charge is 2.36. The number of nitrogens with one attached hydrogen (secondary N) is 1. The highest BCUT2D eigenvalue weighted by atomic mass is 35.5. The summed E-state index contributed by atoms with van der Waals surface area (Å²) in [5.41, 5.74) is 3.72. The number of rotatable bonds is 8. The Balaban J connectivity index is 1.64. The lowest BCUT2D eigenvalue weighted by molar-refractivity contribution is -0.119. The Hall–Kier alpha value is -2.66. The summed E-state index contributed by atoms with van der Waals surface area (Å²) < 4.78 is 28.2. The molecule has 1 N–H and O–H groups in total. The van der Waals surface area contributed by atoms with Crippen molar-refractivity contribution in [2.75, 3.05) is 18.0 Å². The second kappa shape index (κ2) is 10.1. The molecular formula is C25H27ClF2N2O. The Morgan fingerprint density at radius 3 is 2.68 bits per heavy atom. The van der Waals surface area contributed by atoms with Gasteiger partial charge >= 0.3 is 0 Å². The zero-order valence-corrected chi connectivity index (χ0v) is 18.6. The van der Waals surface area contributed by atoms with Crippen LogP contribution < -0.4 is 10.2 Å². The fraction of sp³-hybridized carbons (Fsp3) is 0.320. The number of hydrogen-bond donors (Lipinski definition) is 1. The Labute approximate surface area is 187 Å². The number of para-hydroxylation sites is 1. The highest BCUT2D eigenvalue weighted by Crippen LogP contribution is 2.32. The molecule has 1 saturated heterocycles. The molecule has 0 bridgehead atoms. The van der Waals surface area contributed by atoms with Gasteiger partial charge in [0.25, 0.3) is 0 Å². The van der Waals surface area contributed by atoms with E-state index in [1.807, 2.05) is 18.2 Å². The van der Waals surface area contributed by atoms with Gasteiger partial charge in [-0.05, 0) is 67.2 Å². The van der Waals surface area contributed by atoms with Gasteiger partial charge in [-0.15, -0.1) is 0 Å². The number of carbonyl (C=O) groups excluding carboxylic acids is 1. The summed E-state index contributed by atoms with van der Waals surface area (Å²) in [6, 6.07) is 9.45. The maximum absolute atomic E-state index is 14.1. The van der Waals surface area contributed by atoms with E-state index in [-0.39, 0.29) is 18.1 Å². The third-order valence-electron chi connectivity index (χ3n) is 5.58. The predicted molar refractivity (Wildman–Crippen MR) is 123 cm³/mol. The van der Waals surface area contributed by atoms with Crippen LogP contribution in [-0.2, 0) is 4.79 Å². The van der Waals surface area contributed by atoms with E-state index in [1.54, 1.807) is 0 Å². The van der Waals surface area contributed by atoms with Gasteiger partial charge < -0.3 is 10.2 Å². The molecule has 0 aromatic heterocycles. The number of anilines is 1. The maximum atomic E-state index is 14.1. The molecule has 164 valence electrons. The van der Waals surface area contributed by atoms with E-state index in [0.717, 1.165) is 36.1 Å². The highest BCUT2D eigenvalue weighted by molar-refractivity contribution is 6.30. The molecule has 1 aliphatic rings. The Morgan fingerprint density at radius 2 is 2.00 bits per heavy atom. The lowest BCUT2D eigenvalue weighted by atomic mass is 9.97. The van der Waals surface area contributed by atoms with Crippen LogP contribution in [-0.4, -0.2) is 19.0 Å². The third kappa shape index (κ3) is 5.16. The average Bonchev–Trinajstić information content (AvgIpc) is 3.10. The summed E-state index contributed by atoms with van der Waals surface area (Å²) in [5.74, 6) is -2.32. The molecule has 0 radical (unpaired) electrons. The minimum Gasteiger partial charge on any atom is -0.388 e. The molecule has 3 nitrogen and oxygen atoms in total. The second-order valence-electron chi connectivity index (χ2n) is 7.70. The van der Waals surface area contributed by atoms with Crippen LogP contribution in [0.3, 0.4) is 0 Å². The largest absolute Gasteiger partial charge is 0.388 e. The molecule has 3 rings (SSSR count). The second-order valence-corrected chi connectivity index (χ2v) is 8.14. The van der Waals surface area contributed by atoms with Gasteiger partial charge in [0.2, 0.25) is 5.91 Å². The van der Waals surface area contributed by atoms with E-state index in [0.29, 0.717) is 23.7 Å². The summed E-state index contributed by atoms with van der Waals surface area (Å²) in [6.45, 7) is 9.00. The predicted octanol–water partition coefficient (Wildman–Crippen LogP) is 6.27. The minimum atomic E-state index is -0.737. The van der Waals surface area contributed by atoms with Gasteiger partial charge in [0.05, 0.1) is 5.92 Å². The first-order valence-electron chi connectivity index (χ1n) is 10.5. The number of halogens is 3. The van der Waals surface area contributed by atoms with Gasteiger partial charge in [-0.3, -0.25) is 4.79 Å². The first kappa shape index (κ1) is 23.0. The molecule has 31 heavy (non-hydrogen) atoms. The van der Waals surface area contributed by atoms with Crippen molar-refractivity contribution >= 4 is 28.8 Å². The van der Waals surface area contributed by atoms with E-state index in [2.05, 4.69) is 31.8 Å². The first-order valence-corrected chi connectivity index (χ1v) is 10.8. The molecule has 2 aromatic rings. The van der Waals surface area contributed by atoms with E-state index in [1.165, 1.54) is 16.5 Å². The smallest absolute Gasteiger partial charge is 0.236 e. The van der Waals surface area contributed by atoms with Gasteiger partial charge in [-0.25, -0.2) is 8.78 Å². The van der Waals surface area contributed by atoms with Crippen LogP contribution in [0.25, 0.3) is 5.57 Å². The molecule has 2 aromatic carbocycles. The number of aryl methyl sites for hydroxylation is 1. The molecule has 0 aliphatic carbocycles. The van der Waals surface area contributed by atoms with Crippen LogP contribution in [0.5, 0.6) is 0 Å². The van der Waals surface area contributed by atoms with Crippen LogP contribution in [0.2, 0.25) is 5.02 Å². The lowest BCUT2D eigenvalue weighted by Crippen LogP contribution is -2.32. The summed E-state index contributed by atoms with van der Waals surface area (Å²) in [7, 11) is 0. The fourth-order valence-corrected chi connectivity index (χ4v) is 4.16. The van der Waals surface area contributed by atoms with Crippen molar-refractivity contribution in [2.24, 2.45) is 5.92 Å². The molecule has 6 heteroatoms. The zero-order chi connectivity index (χ0) is 22.5. The van der Waals surface area contributed by atoms with Gasteiger partial charge in [-0.2, -0.15) is 0 Å². The lowest BCUT2D eigenvalue weighted by Gasteiger charge is -2.20. The van der Waals surface area contributed by atoms with E-state index in [4.69, 9.17) is 11.6 Å². The number of amides is 1. The van der Waals surface area contributed by atoms with Gasteiger partial charge in [0.1, 0.15) is 17.3 Å². The minimum absolute atomic E-state index is 0.255. The van der Waals surface area contributed by atoms with Gasteiger partial charge in [-0.1, -0.05) is 43.3 Å². The van der Waals surface area contributed by atoms with Gasteiger partial charge in [0, 0.05) is 23.8 Å². The van der Waals surface area contributed by atoms with Crippen molar-refractivity contribution in [3.05, 3.63) is 82.5 Å². The van der Waals surface area contributed by atoms with E-state index in [9.17, 15) is 13.6 Å². The van der Waals surface area contributed by atoms with Crippen molar-refractivity contribution in [3.63, 3.8) is 0 Å². The van der Waals surface area contributed by atoms with Crippen LogP contribution in [0, 0.1) is 24.5 Å². The van der Waals surface area contributed by atoms with Crippen LogP contribution in [0.4, 0.5) is 14.5 Å². The monoisotopic (exact) mass is 444 g/mol. The molecule has 0 spiro atoms. The Morgan fingerprint density at radius 1 is 1.29 bits per heavy atom. The quantitative estimate of drug-likeness (QED) is 0.520. The normalized spacial score (nSPS) is 16.7. The van der Waals surface area contributed by atoms with Gasteiger partial charge in [0.15, 0.2) is 0 Å². The fourth-order valence-electron chi connectivity index (χ4n) is 3.99. The SMILES string of the molecule is C=C(NCC/C(=C/CC)c1cc(Cl)ccc1C)C1CCN(c2c(F)cccc2F)C1=O. The van der Waals surface area contributed by atoms with Crippen LogP contribution in [0.1, 0.15) is 37.3 Å². The summed E-state index contributed by atoms with van der Waals surface area (Å²) >= 11 is 6.18. The Bertz CT molecular complexity index is 998. The van der Waals surface area contributed by atoms with Crippen molar-refractivity contribution in [2.45, 2.75) is 33.1 Å². The van der Waals surface area contributed by atoms with Crippen molar-refractivity contribution in [1.29, 1.82) is 0 Å². The number of hydrogen-bond acceptors (Lipinski definition) is 2. The standard InChI is InChI=1S/C25H27ClF2N2O/c1-4-6-18(21-15-19(26)10-9-16(21)2)11-13-29-17(3)20-12-14-30(25(20)31)24-22(27)7-5-8-23(24)28/h5-10,15,20,29H,3-4,11-14H2,1-2H3/b18-6-. The Kier molecular flexibility index (Phi) is 7.50. The maximum Gasteiger partial charge on any atom is 0.236 e. The molecule has 1 heterocycles. The number of allylic oxidation sites excluding steroid dienone is 1. The van der Waals surface area contributed by atoms with Crippen molar-refractivity contribution in [1.82, 2.24) is 5.32 Å². The average molecular weight is 445 g/mol. The zero-order valence-electron chi connectivity index (χ0n) is 17.9. The molecule has 1 aliphatic heterocycles. The summed E-state index contributed by atoms with van der Waals surface area (Å²) in [4.78, 5) is 14.0. The third-order valence-corrected chi connectivity index (χ3v) is 5.81. The van der Waals surface area contributed by atoms with Crippen LogP contribution >= 0.6 is 11.6 Å². The number of carbonyl (C=O) groups is 1. The molecule has 1 fully saturated rings. The summed E-state index contributed by atoms with van der Waals surface area (Å²) in [5, 5.41) is 3.94. The number of nitrogens with zero attached hydrogens (tertiary/aromatic N) is 1. The number of benzene rings is 2. The topological polar surface area (TPSA) is 32.3 Å². The molecule has 1 atom stereocenters. The molecular weight excluding hydrogens is 418 g/mol. The van der Waals surface area contributed by atoms with Crippen molar-refractivity contribution in [3.8, 4) is 0 Å². The summed E-state index contributed by atoms with van der Waals surface area (Å²) in [6.07, 6.45) is 4.27. The van der Waals surface area contributed by atoms with E-state index < -0.39 is 17.6 Å². The molecule has 1 unspecified atom stereocenters. The van der Waals surface area contributed by atoms with E-state index >= 15 is 0 Å². The molecule has 1 amide bonds. The van der Waals surface area contributed by atoms with Crippen molar-refractivity contribution < 1.29 is 13.6 Å². The van der Waals surface area contributed by atoms with Crippen LogP contribution in [0.15, 0.2) is 54.8 Å². The molecule has 0 saturated carbocycles. The first-order chi connectivity index (χ1) is 14.8.